The number of ether oxygens (including phenoxy) is 9. The third-order valence-electron chi connectivity index (χ3n) is 14.9. The Morgan fingerprint density at radius 3 is 1.66 bits per heavy atom. The number of hydrogen-bond acceptors (Lipinski definition) is 10. The van der Waals surface area contributed by atoms with Crippen LogP contribution in [0.2, 0.25) is 0 Å². The minimum Gasteiger partial charge on any atom is -0.390 e. The van der Waals surface area contributed by atoms with Crippen molar-refractivity contribution in [3.05, 3.63) is 179 Å². The van der Waals surface area contributed by atoms with Gasteiger partial charge in [-0.05, 0) is 80.2 Å². The molecule has 9 rings (SSSR count). The van der Waals surface area contributed by atoms with Crippen LogP contribution in [0.5, 0.6) is 0 Å². The zero-order chi connectivity index (χ0) is 48.0. The van der Waals surface area contributed by atoms with Crippen molar-refractivity contribution in [3.8, 4) is 0 Å². The monoisotopic (exact) mass is 955 g/mol. The molecule has 0 bridgehead atoms. The van der Waals surface area contributed by atoms with Crippen LogP contribution in [-0.4, -0.2) is 90.6 Å². The topological polar surface area (TPSA) is 103 Å². The Morgan fingerprint density at radius 1 is 0.543 bits per heavy atom. The number of fused-ring (bicyclic) bond motifs is 2. The van der Waals surface area contributed by atoms with E-state index in [0.717, 1.165) is 47.9 Å². The summed E-state index contributed by atoms with van der Waals surface area (Å²) in [5, 5.41) is 12.1. The Kier molecular flexibility index (Phi) is 18.0. The first kappa shape index (κ1) is 50.6. The van der Waals surface area contributed by atoms with E-state index in [1.165, 1.54) is 5.56 Å². The zero-order valence-electron chi connectivity index (χ0n) is 41.1. The fourth-order valence-electron chi connectivity index (χ4n) is 11.0. The van der Waals surface area contributed by atoms with Gasteiger partial charge in [0.2, 0.25) is 0 Å². The van der Waals surface area contributed by atoms with Crippen molar-refractivity contribution in [2.45, 2.75) is 177 Å². The predicted molar refractivity (Wildman–Crippen MR) is 269 cm³/mol. The fourth-order valence-corrected chi connectivity index (χ4v) is 11.0. The summed E-state index contributed by atoms with van der Waals surface area (Å²) in [6, 6.07) is 51.4. The molecule has 0 unspecified atom stereocenters. The van der Waals surface area contributed by atoms with Gasteiger partial charge >= 0.3 is 0 Å². The molecule has 0 amide bonds. The lowest BCUT2D eigenvalue weighted by Crippen LogP contribution is -2.58. The molecule has 4 heterocycles. The smallest absolute Gasteiger partial charge is 0.110 e. The molecule has 1 N–H and O–H groups in total. The van der Waals surface area contributed by atoms with E-state index in [1.807, 2.05) is 78.9 Å². The summed E-state index contributed by atoms with van der Waals surface area (Å²) >= 11 is 0. The van der Waals surface area contributed by atoms with Gasteiger partial charge in [0.15, 0.2) is 0 Å². The van der Waals surface area contributed by atoms with E-state index in [0.29, 0.717) is 78.4 Å². The van der Waals surface area contributed by atoms with Crippen molar-refractivity contribution in [1.29, 1.82) is 0 Å². The maximum Gasteiger partial charge on any atom is 0.110 e. The molecule has 5 aromatic carbocycles. The molecule has 4 fully saturated rings. The molecule has 0 aliphatic carbocycles. The minimum atomic E-state index is -0.791. The molecule has 374 valence electrons. The second kappa shape index (κ2) is 24.9. The van der Waals surface area contributed by atoms with Crippen LogP contribution < -0.4 is 0 Å². The summed E-state index contributed by atoms with van der Waals surface area (Å²) in [5.41, 5.74) is 4.20. The predicted octanol–water partition coefficient (Wildman–Crippen LogP) is 10.9. The van der Waals surface area contributed by atoms with Gasteiger partial charge in [0.1, 0.15) is 12.2 Å². The second-order valence-corrected chi connectivity index (χ2v) is 20.3. The van der Waals surface area contributed by atoms with Gasteiger partial charge in [-0.2, -0.15) is 0 Å². The van der Waals surface area contributed by atoms with Gasteiger partial charge in [-0.15, -0.1) is 0 Å². The van der Waals surface area contributed by atoms with Crippen LogP contribution in [-0.2, 0) is 75.7 Å². The van der Waals surface area contributed by atoms with Crippen molar-refractivity contribution in [2.75, 3.05) is 13.2 Å². The van der Waals surface area contributed by atoms with Gasteiger partial charge in [0.05, 0.1) is 99.7 Å². The third-order valence-corrected chi connectivity index (χ3v) is 14.9. The summed E-state index contributed by atoms with van der Waals surface area (Å²) in [4.78, 5) is 0. The van der Waals surface area contributed by atoms with Crippen molar-refractivity contribution in [2.24, 2.45) is 0 Å². The summed E-state index contributed by atoms with van der Waals surface area (Å²) < 4.78 is 61.6. The Labute approximate surface area is 415 Å². The lowest BCUT2D eigenvalue weighted by Gasteiger charge is -2.49. The molecule has 0 spiro atoms. The lowest BCUT2D eigenvalue weighted by atomic mass is 9.83. The Morgan fingerprint density at radius 2 is 1.07 bits per heavy atom. The fraction of sp³-hybridized carbons (Fsp3) is 0.500. The molecular formula is C60H74O10. The molecule has 4 aliphatic heterocycles. The largest absolute Gasteiger partial charge is 0.390 e. The highest BCUT2D eigenvalue weighted by Gasteiger charge is 2.55. The highest BCUT2D eigenvalue weighted by molar-refractivity contribution is 5.17. The maximum atomic E-state index is 12.1. The maximum absolute atomic E-state index is 12.1. The van der Waals surface area contributed by atoms with E-state index in [9.17, 15) is 5.11 Å². The molecule has 0 radical (unpaired) electrons. The van der Waals surface area contributed by atoms with Crippen LogP contribution in [0.25, 0.3) is 0 Å². The first-order valence-corrected chi connectivity index (χ1v) is 25.8. The molecule has 4 saturated heterocycles. The average Bonchev–Trinajstić information content (AvgIpc) is 3.62. The second-order valence-electron chi connectivity index (χ2n) is 20.3. The number of rotatable bonds is 21. The van der Waals surface area contributed by atoms with E-state index in [2.05, 4.69) is 86.6 Å². The zero-order valence-corrected chi connectivity index (χ0v) is 41.1. The van der Waals surface area contributed by atoms with Crippen molar-refractivity contribution >= 4 is 0 Å². The molecule has 10 heteroatoms. The molecule has 5 aromatic rings. The minimum absolute atomic E-state index is 0.140. The molecule has 12 atom stereocenters. The van der Waals surface area contributed by atoms with Crippen LogP contribution in [0.4, 0.5) is 0 Å². The molecule has 70 heavy (non-hydrogen) atoms. The van der Waals surface area contributed by atoms with Gasteiger partial charge in [-0.3, -0.25) is 0 Å². The summed E-state index contributed by atoms with van der Waals surface area (Å²) in [6.45, 7) is 7.80. The van der Waals surface area contributed by atoms with E-state index in [1.54, 1.807) is 0 Å². The van der Waals surface area contributed by atoms with Gasteiger partial charge < -0.3 is 47.7 Å². The van der Waals surface area contributed by atoms with Crippen molar-refractivity contribution in [3.63, 3.8) is 0 Å². The standard InChI is InChI=1S/C60H74O10/c1-59-33-32-56(66-42-48-27-16-7-17-28-48)60(2,70-57(59)36-54(65-41-47-25-14-6-15-26-47)52(69-59)29-18-34-62-38-44-19-8-3-9-20-44)37-49-35-50(61)58-53(67-49)31-30-51(64-40-46-23-12-5-13-24-46)55(68-58)43-63-39-45-21-10-4-11-22-45/h3-17,19-28,49-58,61H,18,29-43H2,1-2H3/t49-,50+,51+,52+,53-,54-,55-,56+,57+,58+,59-,60-/m1/s1. The first-order valence-electron chi connectivity index (χ1n) is 25.8. The Balaban J connectivity index is 0.909. The summed E-state index contributed by atoms with van der Waals surface area (Å²) in [7, 11) is 0. The van der Waals surface area contributed by atoms with Crippen LogP contribution in [0, 0.1) is 0 Å². The van der Waals surface area contributed by atoms with Crippen molar-refractivity contribution < 1.29 is 47.7 Å². The highest BCUT2D eigenvalue weighted by atomic mass is 16.6. The molecular weight excluding hydrogens is 881 g/mol. The number of aliphatic hydroxyl groups excluding tert-OH is 1. The van der Waals surface area contributed by atoms with Crippen LogP contribution >= 0.6 is 0 Å². The Hall–Kier alpha value is -4.30. The van der Waals surface area contributed by atoms with E-state index < -0.39 is 23.4 Å². The number of benzene rings is 5. The van der Waals surface area contributed by atoms with Gasteiger partial charge in [0.25, 0.3) is 0 Å². The lowest BCUT2D eigenvalue weighted by molar-refractivity contribution is -0.275. The van der Waals surface area contributed by atoms with Gasteiger partial charge in [0, 0.05) is 25.9 Å². The van der Waals surface area contributed by atoms with Crippen LogP contribution in [0.15, 0.2) is 152 Å². The van der Waals surface area contributed by atoms with E-state index in [4.69, 9.17) is 42.6 Å². The van der Waals surface area contributed by atoms with Crippen LogP contribution in [0.3, 0.4) is 0 Å². The van der Waals surface area contributed by atoms with E-state index in [-0.39, 0.29) is 48.8 Å². The van der Waals surface area contributed by atoms with Gasteiger partial charge in [-0.25, -0.2) is 0 Å². The number of hydrogen-bond donors (Lipinski definition) is 1. The Bertz CT molecular complexity index is 2250. The molecule has 0 saturated carbocycles. The molecule has 10 nitrogen and oxygen atoms in total. The van der Waals surface area contributed by atoms with Gasteiger partial charge in [-0.1, -0.05) is 152 Å². The average molecular weight is 955 g/mol. The summed E-state index contributed by atoms with van der Waals surface area (Å²) in [6.07, 6.45) is 2.62. The molecule has 0 aromatic heterocycles. The third kappa shape index (κ3) is 13.8. The highest BCUT2D eigenvalue weighted by Crippen LogP contribution is 2.47. The SMILES string of the molecule is C[C@@]12CC[C@H](OCc3ccccc3)[C@@](C)(C[C@H]3C[C@H](O)[C@@H]4O[C@H](COCc5ccccc5)[C@@H](OCc5ccccc5)CC[C@H]4O3)O[C@H]1C[C@@H](OCc1ccccc1)[C@H](CCCOCc1ccccc1)O2. The van der Waals surface area contributed by atoms with Crippen LogP contribution in [0.1, 0.15) is 99.5 Å². The van der Waals surface area contributed by atoms with Crippen molar-refractivity contribution in [1.82, 2.24) is 0 Å². The first-order chi connectivity index (χ1) is 34.3. The molecule has 4 aliphatic rings. The summed E-state index contributed by atoms with van der Waals surface area (Å²) in [5.74, 6) is 0. The number of aliphatic hydroxyl groups is 1. The van der Waals surface area contributed by atoms with E-state index >= 15 is 0 Å². The quantitative estimate of drug-likeness (QED) is 0.0715. The normalized spacial score (nSPS) is 31.2.